The van der Waals surface area contributed by atoms with Gasteiger partial charge < -0.3 is 14.7 Å². The fourth-order valence-electron chi connectivity index (χ4n) is 6.25. The zero-order valence-electron chi connectivity index (χ0n) is 20.7. The number of anilines is 1. The zero-order valence-corrected chi connectivity index (χ0v) is 21.5. The lowest BCUT2D eigenvalue weighted by Crippen LogP contribution is -2.36. The molecule has 2 atom stereocenters. The van der Waals surface area contributed by atoms with Crippen LogP contribution >= 0.6 is 11.6 Å². The number of fused-ring (bicyclic) bond motifs is 1. The second-order valence-electron chi connectivity index (χ2n) is 10.8. The van der Waals surface area contributed by atoms with E-state index >= 15 is 4.39 Å². The molecule has 2 aliphatic carbocycles. The van der Waals surface area contributed by atoms with Crippen molar-refractivity contribution in [1.29, 1.82) is 0 Å². The summed E-state index contributed by atoms with van der Waals surface area (Å²) in [6.45, 7) is 1.63. The summed E-state index contributed by atoms with van der Waals surface area (Å²) < 4.78 is 21.2. The molecule has 1 aliphatic heterocycles. The number of alkyl halides is 1. The van der Waals surface area contributed by atoms with Crippen LogP contribution in [0.2, 0.25) is 5.02 Å². The highest BCUT2D eigenvalue weighted by Gasteiger charge is 2.43. The van der Waals surface area contributed by atoms with Crippen molar-refractivity contribution < 1.29 is 14.2 Å². The van der Waals surface area contributed by atoms with Crippen LogP contribution < -0.4 is 9.64 Å². The van der Waals surface area contributed by atoms with Crippen molar-refractivity contribution in [3.05, 3.63) is 58.4 Å². The zero-order chi connectivity index (χ0) is 24.9. The highest BCUT2D eigenvalue weighted by molar-refractivity contribution is 6.35. The Balaban J connectivity index is 1.37. The smallest absolute Gasteiger partial charge is 0.170 e. The lowest BCUT2D eigenvalue weighted by molar-refractivity contribution is 0.0512. The Morgan fingerprint density at radius 3 is 2.50 bits per heavy atom. The van der Waals surface area contributed by atoms with E-state index in [0.717, 1.165) is 74.1 Å². The van der Waals surface area contributed by atoms with Crippen molar-refractivity contribution in [2.75, 3.05) is 25.1 Å². The van der Waals surface area contributed by atoms with Crippen LogP contribution in [0.25, 0.3) is 10.9 Å². The molecule has 1 saturated heterocycles. The molecule has 190 valence electrons. The summed E-state index contributed by atoms with van der Waals surface area (Å²) in [6.07, 6.45) is 5.93. The standard InChI is InChI=1S/C29H33ClFN3O2/c1-36-25-6-3-2-5-22(25)18-9-13-34(14-10-18)27-23-16-20(19-7-8-21(35)15-19)17-24(30)26(23)32-28(33-27)29(31)11-4-12-29/h2-3,5-6,16-19,21,35H,4,7-15H2,1H3/t19?,21-/m0/s1. The molecule has 36 heavy (non-hydrogen) atoms. The number of aromatic nitrogens is 2. The van der Waals surface area contributed by atoms with E-state index in [1.165, 1.54) is 5.56 Å². The minimum Gasteiger partial charge on any atom is -0.496 e. The summed E-state index contributed by atoms with van der Waals surface area (Å²) >= 11 is 6.80. The molecule has 1 aromatic heterocycles. The number of piperidine rings is 1. The van der Waals surface area contributed by atoms with E-state index in [1.54, 1.807) is 7.11 Å². The molecule has 7 heteroatoms. The first-order valence-electron chi connectivity index (χ1n) is 13.2. The number of rotatable bonds is 5. The van der Waals surface area contributed by atoms with Gasteiger partial charge in [-0.05, 0) is 92.5 Å². The SMILES string of the molecule is COc1ccccc1C1CCN(c2nc(C3(F)CCC3)nc3c(Cl)cc(C4CC[C@H](O)C4)cc23)CC1. The molecule has 2 aromatic carbocycles. The first kappa shape index (κ1) is 23.9. The molecule has 6 rings (SSSR count). The number of nitrogens with zero attached hydrogens (tertiary/aromatic N) is 3. The largest absolute Gasteiger partial charge is 0.496 e. The average Bonchev–Trinajstić information content (AvgIpc) is 3.33. The Hall–Kier alpha value is -2.44. The molecule has 2 heterocycles. The lowest BCUT2D eigenvalue weighted by Gasteiger charge is -2.36. The van der Waals surface area contributed by atoms with Crippen molar-refractivity contribution in [3.8, 4) is 5.75 Å². The predicted octanol–water partition coefficient (Wildman–Crippen LogP) is 6.65. The summed E-state index contributed by atoms with van der Waals surface area (Å²) in [7, 11) is 1.72. The maximum Gasteiger partial charge on any atom is 0.170 e. The van der Waals surface area contributed by atoms with E-state index in [9.17, 15) is 5.11 Å². The molecule has 1 unspecified atom stereocenters. The van der Waals surface area contributed by atoms with Crippen molar-refractivity contribution in [1.82, 2.24) is 9.97 Å². The Morgan fingerprint density at radius 2 is 1.83 bits per heavy atom. The Kier molecular flexibility index (Phi) is 6.29. The number of ether oxygens (including phenoxy) is 1. The van der Waals surface area contributed by atoms with Crippen molar-refractivity contribution in [3.63, 3.8) is 0 Å². The summed E-state index contributed by atoms with van der Waals surface area (Å²) in [5, 5.41) is 11.5. The van der Waals surface area contributed by atoms with Gasteiger partial charge in [0.2, 0.25) is 0 Å². The van der Waals surface area contributed by atoms with Gasteiger partial charge in [0.1, 0.15) is 11.6 Å². The molecule has 0 bridgehead atoms. The molecule has 2 saturated carbocycles. The van der Waals surface area contributed by atoms with E-state index in [4.69, 9.17) is 21.3 Å². The molecule has 3 fully saturated rings. The van der Waals surface area contributed by atoms with Crippen molar-refractivity contribution in [2.45, 2.75) is 75.0 Å². The number of hydrogen-bond donors (Lipinski definition) is 1. The Labute approximate surface area is 216 Å². The number of aliphatic hydroxyl groups excluding tert-OH is 1. The molecular weight excluding hydrogens is 477 g/mol. The predicted molar refractivity (Wildman–Crippen MR) is 141 cm³/mol. The number of benzene rings is 2. The number of halogens is 2. The number of methoxy groups -OCH3 is 1. The number of hydrogen-bond acceptors (Lipinski definition) is 5. The van der Waals surface area contributed by atoms with Crippen LogP contribution in [-0.4, -0.2) is 41.4 Å². The monoisotopic (exact) mass is 509 g/mol. The van der Waals surface area contributed by atoms with Crippen LogP contribution in [-0.2, 0) is 5.67 Å². The molecule has 3 aliphatic rings. The van der Waals surface area contributed by atoms with Crippen molar-refractivity contribution >= 4 is 28.3 Å². The van der Waals surface area contributed by atoms with Gasteiger partial charge in [-0.15, -0.1) is 0 Å². The fourth-order valence-corrected chi connectivity index (χ4v) is 6.52. The number of aliphatic hydroxyl groups is 1. The average molecular weight is 510 g/mol. The van der Waals surface area contributed by atoms with Gasteiger partial charge in [0.25, 0.3) is 0 Å². The third kappa shape index (κ3) is 4.22. The highest BCUT2D eigenvalue weighted by Crippen LogP contribution is 2.46. The van der Waals surface area contributed by atoms with Gasteiger partial charge in [0, 0.05) is 18.5 Å². The van der Waals surface area contributed by atoms with Crippen molar-refractivity contribution in [2.24, 2.45) is 0 Å². The van der Waals surface area contributed by atoms with Crippen LogP contribution in [0.1, 0.15) is 80.2 Å². The van der Waals surface area contributed by atoms with E-state index in [0.29, 0.717) is 29.3 Å². The molecule has 5 nitrogen and oxygen atoms in total. The Morgan fingerprint density at radius 1 is 1.06 bits per heavy atom. The second kappa shape index (κ2) is 9.46. The third-order valence-electron chi connectivity index (χ3n) is 8.55. The topological polar surface area (TPSA) is 58.5 Å². The Bertz CT molecular complexity index is 1270. The van der Waals surface area contributed by atoms with Gasteiger partial charge in [-0.2, -0.15) is 0 Å². The normalized spacial score (nSPS) is 24.2. The summed E-state index contributed by atoms with van der Waals surface area (Å²) in [5.41, 5.74) is 1.53. The van der Waals surface area contributed by atoms with Gasteiger partial charge >= 0.3 is 0 Å². The van der Waals surface area contributed by atoms with Crippen LogP contribution in [0.4, 0.5) is 10.2 Å². The quantitative estimate of drug-likeness (QED) is 0.417. The maximum absolute atomic E-state index is 15.6. The molecule has 1 N–H and O–H groups in total. The second-order valence-corrected chi connectivity index (χ2v) is 11.2. The highest BCUT2D eigenvalue weighted by atomic mass is 35.5. The lowest BCUT2D eigenvalue weighted by atomic mass is 9.81. The van der Waals surface area contributed by atoms with E-state index in [-0.39, 0.29) is 17.8 Å². The summed E-state index contributed by atoms with van der Waals surface area (Å²) in [4.78, 5) is 11.8. The fraction of sp³-hybridized carbons (Fsp3) is 0.517. The third-order valence-corrected chi connectivity index (χ3v) is 8.84. The van der Waals surface area contributed by atoms with Gasteiger partial charge in [0.15, 0.2) is 11.5 Å². The van der Waals surface area contributed by atoms with Gasteiger partial charge in [-0.25, -0.2) is 14.4 Å². The van der Waals surface area contributed by atoms with E-state index in [1.807, 2.05) is 18.2 Å². The van der Waals surface area contributed by atoms with Gasteiger partial charge in [-0.3, -0.25) is 0 Å². The minimum absolute atomic E-state index is 0.262. The summed E-state index contributed by atoms with van der Waals surface area (Å²) in [6, 6.07) is 12.4. The molecule has 0 spiro atoms. The molecule has 0 radical (unpaired) electrons. The first-order chi connectivity index (χ1) is 17.4. The summed E-state index contributed by atoms with van der Waals surface area (Å²) in [5.74, 6) is 2.67. The van der Waals surface area contributed by atoms with Gasteiger partial charge in [0.05, 0.1) is 23.8 Å². The van der Waals surface area contributed by atoms with E-state index < -0.39 is 5.67 Å². The molecule has 0 amide bonds. The van der Waals surface area contributed by atoms with Crippen LogP contribution in [0.3, 0.4) is 0 Å². The first-order valence-corrected chi connectivity index (χ1v) is 13.6. The van der Waals surface area contributed by atoms with Crippen LogP contribution in [0.5, 0.6) is 5.75 Å². The van der Waals surface area contributed by atoms with Crippen LogP contribution in [0, 0.1) is 0 Å². The van der Waals surface area contributed by atoms with Crippen LogP contribution in [0.15, 0.2) is 36.4 Å². The van der Waals surface area contributed by atoms with E-state index in [2.05, 4.69) is 28.1 Å². The van der Waals surface area contributed by atoms with Gasteiger partial charge in [-0.1, -0.05) is 29.8 Å². The molecule has 3 aromatic rings. The number of para-hydroxylation sites is 1. The minimum atomic E-state index is -1.46. The molecular formula is C29H33ClFN3O2. The maximum atomic E-state index is 15.6.